The van der Waals surface area contributed by atoms with E-state index in [2.05, 4.69) is 21.2 Å². The highest BCUT2D eigenvalue weighted by Crippen LogP contribution is 2.40. The molecule has 20 heavy (non-hydrogen) atoms. The molecular formula is C14H17BrN2O3. The predicted molar refractivity (Wildman–Crippen MR) is 78.3 cm³/mol. The molecule has 1 saturated heterocycles. The number of nitrogens with one attached hydrogen (secondary N) is 1. The van der Waals surface area contributed by atoms with Crippen molar-refractivity contribution in [2.75, 3.05) is 26.9 Å². The first-order chi connectivity index (χ1) is 9.69. The van der Waals surface area contributed by atoms with Gasteiger partial charge >= 0.3 is 0 Å². The van der Waals surface area contributed by atoms with Crippen LogP contribution in [0.25, 0.3) is 0 Å². The molecule has 1 amide bonds. The van der Waals surface area contributed by atoms with Crippen LogP contribution in [0.1, 0.15) is 23.2 Å². The molecule has 0 aliphatic carbocycles. The van der Waals surface area contributed by atoms with E-state index in [4.69, 9.17) is 9.47 Å². The van der Waals surface area contributed by atoms with Crippen molar-refractivity contribution >= 4 is 21.8 Å². The third kappa shape index (κ3) is 2.50. The summed E-state index contributed by atoms with van der Waals surface area (Å²) in [6.07, 6.45) is 2.15. The summed E-state index contributed by atoms with van der Waals surface area (Å²) >= 11 is 3.43. The molecule has 2 heterocycles. The zero-order valence-corrected chi connectivity index (χ0v) is 12.9. The first kappa shape index (κ1) is 13.7. The standard InChI is InChI=1S/C14H17BrN2O3/c1-16-10-3-2-4-17(7-10)14(18)9-5-11(15)13-12(6-9)19-8-20-13/h5-6,10,16H,2-4,7-8H2,1H3. The largest absolute Gasteiger partial charge is 0.454 e. The number of ether oxygens (including phenoxy) is 2. The lowest BCUT2D eigenvalue weighted by Gasteiger charge is -2.32. The van der Waals surface area contributed by atoms with Gasteiger partial charge in [0, 0.05) is 24.7 Å². The van der Waals surface area contributed by atoms with E-state index in [1.54, 1.807) is 12.1 Å². The van der Waals surface area contributed by atoms with Crippen molar-refractivity contribution in [3.8, 4) is 11.5 Å². The van der Waals surface area contributed by atoms with Crippen molar-refractivity contribution in [1.29, 1.82) is 0 Å². The van der Waals surface area contributed by atoms with Gasteiger partial charge in [-0.05, 0) is 48.0 Å². The molecule has 6 heteroatoms. The van der Waals surface area contributed by atoms with E-state index in [0.29, 0.717) is 23.1 Å². The molecule has 108 valence electrons. The molecule has 1 N–H and O–H groups in total. The first-order valence-electron chi connectivity index (χ1n) is 6.74. The summed E-state index contributed by atoms with van der Waals surface area (Å²) in [7, 11) is 1.94. The van der Waals surface area contributed by atoms with Crippen LogP contribution in [0, 0.1) is 0 Å². The maximum absolute atomic E-state index is 12.6. The van der Waals surface area contributed by atoms with Gasteiger partial charge in [0.15, 0.2) is 11.5 Å². The van der Waals surface area contributed by atoms with Crippen LogP contribution in [0.5, 0.6) is 11.5 Å². The molecule has 1 fully saturated rings. The number of benzene rings is 1. The highest BCUT2D eigenvalue weighted by molar-refractivity contribution is 9.10. The van der Waals surface area contributed by atoms with E-state index in [1.807, 2.05) is 11.9 Å². The van der Waals surface area contributed by atoms with Crippen molar-refractivity contribution in [1.82, 2.24) is 10.2 Å². The van der Waals surface area contributed by atoms with Gasteiger partial charge in [-0.3, -0.25) is 4.79 Å². The zero-order valence-electron chi connectivity index (χ0n) is 11.3. The molecule has 0 radical (unpaired) electrons. The second-order valence-corrected chi connectivity index (χ2v) is 5.93. The molecule has 0 aromatic heterocycles. The fourth-order valence-electron chi connectivity index (χ4n) is 2.67. The number of fused-ring (bicyclic) bond motifs is 1. The number of carbonyl (C=O) groups is 1. The Labute approximate surface area is 126 Å². The summed E-state index contributed by atoms with van der Waals surface area (Å²) in [5, 5.41) is 3.25. The van der Waals surface area contributed by atoms with Gasteiger partial charge in [-0.2, -0.15) is 0 Å². The molecule has 1 aromatic rings. The Hall–Kier alpha value is -1.27. The quantitative estimate of drug-likeness (QED) is 0.894. The Morgan fingerprint density at radius 1 is 1.45 bits per heavy atom. The van der Waals surface area contributed by atoms with Crippen molar-refractivity contribution in [3.63, 3.8) is 0 Å². The van der Waals surface area contributed by atoms with Gasteiger partial charge in [-0.1, -0.05) is 0 Å². The minimum absolute atomic E-state index is 0.0453. The number of rotatable bonds is 2. The second kappa shape index (κ2) is 5.61. The van der Waals surface area contributed by atoms with Crippen LogP contribution in [0.15, 0.2) is 16.6 Å². The first-order valence-corrected chi connectivity index (χ1v) is 7.54. The highest BCUT2D eigenvalue weighted by atomic mass is 79.9. The maximum atomic E-state index is 12.6. The van der Waals surface area contributed by atoms with Crippen LogP contribution < -0.4 is 14.8 Å². The van der Waals surface area contributed by atoms with Crippen molar-refractivity contribution in [2.24, 2.45) is 0 Å². The number of hydrogen-bond donors (Lipinski definition) is 1. The molecule has 2 aliphatic rings. The Morgan fingerprint density at radius 2 is 2.30 bits per heavy atom. The number of carbonyl (C=O) groups excluding carboxylic acids is 1. The van der Waals surface area contributed by atoms with Gasteiger partial charge in [-0.25, -0.2) is 0 Å². The summed E-state index contributed by atoms with van der Waals surface area (Å²) < 4.78 is 11.5. The predicted octanol–water partition coefficient (Wildman–Crippen LogP) is 2.00. The smallest absolute Gasteiger partial charge is 0.254 e. The number of piperidine rings is 1. The Balaban J connectivity index is 1.82. The van der Waals surface area contributed by atoms with Crippen molar-refractivity contribution in [3.05, 3.63) is 22.2 Å². The molecule has 0 spiro atoms. The van der Waals surface area contributed by atoms with Crippen LogP contribution in [-0.4, -0.2) is 43.8 Å². The maximum Gasteiger partial charge on any atom is 0.254 e. The number of halogens is 1. The number of hydrogen-bond acceptors (Lipinski definition) is 4. The molecule has 0 saturated carbocycles. The zero-order chi connectivity index (χ0) is 14.1. The summed E-state index contributed by atoms with van der Waals surface area (Å²) in [4.78, 5) is 14.5. The fraction of sp³-hybridized carbons (Fsp3) is 0.500. The number of amides is 1. The van der Waals surface area contributed by atoms with Crippen LogP contribution in [0.2, 0.25) is 0 Å². The molecule has 5 nitrogen and oxygen atoms in total. The molecule has 1 atom stereocenters. The van der Waals surface area contributed by atoms with Gasteiger partial charge in [0.05, 0.1) is 4.47 Å². The molecule has 1 unspecified atom stereocenters. The van der Waals surface area contributed by atoms with E-state index < -0.39 is 0 Å². The van der Waals surface area contributed by atoms with E-state index in [1.165, 1.54) is 0 Å². The third-order valence-electron chi connectivity index (χ3n) is 3.79. The van der Waals surface area contributed by atoms with Crippen molar-refractivity contribution < 1.29 is 14.3 Å². The number of nitrogens with zero attached hydrogens (tertiary/aromatic N) is 1. The van der Waals surface area contributed by atoms with E-state index in [9.17, 15) is 4.79 Å². The van der Waals surface area contributed by atoms with E-state index in [0.717, 1.165) is 30.4 Å². The average Bonchev–Trinajstić information content (AvgIpc) is 2.95. The normalized spacial score (nSPS) is 21.1. The number of likely N-dealkylation sites (N-methyl/N-ethyl adjacent to an activating group) is 1. The summed E-state index contributed by atoms with van der Waals surface area (Å²) in [5.41, 5.74) is 0.637. The van der Waals surface area contributed by atoms with E-state index >= 15 is 0 Å². The topological polar surface area (TPSA) is 50.8 Å². The second-order valence-electron chi connectivity index (χ2n) is 5.07. The Morgan fingerprint density at radius 3 is 3.10 bits per heavy atom. The van der Waals surface area contributed by atoms with Crippen LogP contribution in [0.4, 0.5) is 0 Å². The van der Waals surface area contributed by atoms with Crippen LogP contribution in [0.3, 0.4) is 0 Å². The van der Waals surface area contributed by atoms with Gasteiger partial charge in [0.1, 0.15) is 0 Å². The summed E-state index contributed by atoms with van der Waals surface area (Å²) in [5.74, 6) is 1.35. The molecule has 0 bridgehead atoms. The van der Waals surface area contributed by atoms with Gasteiger partial charge in [0.25, 0.3) is 5.91 Å². The highest BCUT2D eigenvalue weighted by Gasteiger charge is 2.26. The van der Waals surface area contributed by atoms with Gasteiger partial charge < -0.3 is 19.7 Å². The SMILES string of the molecule is CNC1CCCN(C(=O)c2cc(Br)c3c(c2)OCO3)C1. The molecular weight excluding hydrogens is 324 g/mol. The van der Waals surface area contributed by atoms with Crippen LogP contribution >= 0.6 is 15.9 Å². The summed E-state index contributed by atoms with van der Waals surface area (Å²) in [6.45, 7) is 1.77. The molecule has 1 aromatic carbocycles. The van der Waals surface area contributed by atoms with Gasteiger partial charge in [0.2, 0.25) is 6.79 Å². The molecule has 3 rings (SSSR count). The Bertz CT molecular complexity index is 535. The lowest BCUT2D eigenvalue weighted by Crippen LogP contribution is -2.46. The van der Waals surface area contributed by atoms with Gasteiger partial charge in [-0.15, -0.1) is 0 Å². The minimum Gasteiger partial charge on any atom is -0.454 e. The lowest BCUT2D eigenvalue weighted by molar-refractivity contribution is 0.0697. The Kier molecular flexibility index (Phi) is 3.85. The molecule has 2 aliphatic heterocycles. The van der Waals surface area contributed by atoms with Crippen molar-refractivity contribution in [2.45, 2.75) is 18.9 Å². The summed E-state index contributed by atoms with van der Waals surface area (Å²) in [6, 6.07) is 3.95. The minimum atomic E-state index is 0.0453. The average molecular weight is 341 g/mol. The lowest BCUT2D eigenvalue weighted by atomic mass is 10.0. The monoisotopic (exact) mass is 340 g/mol. The van der Waals surface area contributed by atoms with E-state index in [-0.39, 0.29) is 12.7 Å². The fourth-order valence-corrected chi connectivity index (χ4v) is 3.23. The number of likely N-dealkylation sites (tertiary alicyclic amines) is 1. The van der Waals surface area contributed by atoms with Crippen LogP contribution in [-0.2, 0) is 0 Å². The third-order valence-corrected chi connectivity index (χ3v) is 4.38.